The van der Waals surface area contributed by atoms with Crippen LogP contribution in [0.25, 0.3) is 0 Å². The molecule has 0 saturated heterocycles. The summed E-state index contributed by atoms with van der Waals surface area (Å²) in [4.78, 5) is 24.0. The van der Waals surface area contributed by atoms with E-state index in [0.29, 0.717) is 19.4 Å². The molecule has 3 heteroatoms. The molecule has 1 aromatic rings. The third-order valence-electron chi connectivity index (χ3n) is 3.29. The highest BCUT2D eigenvalue weighted by Gasteiger charge is 2.43. The molecule has 3 nitrogen and oxygen atoms in total. The van der Waals surface area contributed by atoms with Crippen LogP contribution in [0.5, 0.6) is 0 Å². The molecule has 0 aliphatic heterocycles. The smallest absolute Gasteiger partial charge is 0.319 e. The Morgan fingerprint density at radius 1 is 1.17 bits per heavy atom. The van der Waals surface area contributed by atoms with Gasteiger partial charge in [0.2, 0.25) is 0 Å². The number of benzene rings is 1. The second kappa shape index (κ2) is 6.34. The van der Waals surface area contributed by atoms with E-state index in [1.165, 1.54) is 6.92 Å². The predicted octanol–water partition coefficient (Wildman–Crippen LogP) is 2.78. The van der Waals surface area contributed by atoms with E-state index in [9.17, 15) is 9.59 Å². The van der Waals surface area contributed by atoms with E-state index in [-0.39, 0.29) is 5.78 Å². The summed E-state index contributed by atoms with van der Waals surface area (Å²) in [5.41, 5.74) is -0.0696. The SMILES string of the molecule is CCOC(=O)[C@@](CC)(Cc1ccccc1)C(C)=O. The molecule has 0 bridgehead atoms. The quantitative estimate of drug-likeness (QED) is 0.574. The van der Waals surface area contributed by atoms with Crippen molar-refractivity contribution in [2.75, 3.05) is 6.61 Å². The molecule has 0 saturated carbocycles. The highest BCUT2D eigenvalue weighted by Crippen LogP contribution is 2.30. The van der Waals surface area contributed by atoms with Crippen LogP contribution in [0.15, 0.2) is 30.3 Å². The highest BCUT2D eigenvalue weighted by molar-refractivity contribution is 6.02. The van der Waals surface area contributed by atoms with Gasteiger partial charge in [-0.3, -0.25) is 9.59 Å². The van der Waals surface area contributed by atoms with Crippen LogP contribution >= 0.6 is 0 Å². The first-order chi connectivity index (χ1) is 8.56. The zero-order valence-corrected chi connectivity index (χ0v) is 11.2. The zero-order valence-electron chi connectivity index (χ0n) is 11.2. The first kappa shape index (κ1) is 14.4. The molecule has 0 N–H and O–H groups in total. The Kier molecular flexibility index (Phi) is 5.08. The van der Waals surface area contributed by atoms with Crippen molar-refractivity contribution in [1.29, 1.82) is 0 Å². The molecule has 0 aromatic heterocycles. The monoisotopic (exact) mass is 248 g/mol. The summed E-state index contributed by atoms with van der Waals surface area (Å²) in [7, 11) is 0. The second-order valence-corrected chi connectivity index (χ2v) is 4.37. The largest absolute Gasteiger partial charge is 0.465 e. The van der Waals surface area contributed by atoms with Gasteiger partial charge in [-0.1, -0.05) is 37.3 Å². The fourth-order valence-corrected chi connectivity index (χ4v) is 2.07. The Bertz CT molecular complexity index is 411. The number of ether oxygens (including phenoxy) is 1. The fraction of sp³-hybridized carbons (Fsp3) is 0.467. The number of rotatable bonds is 6. The Labute approximate surface area is 108 Å². The molecule has 18 heavy (non-hydrogen) atoms. The van der Waals surface area contributed by atoms with E-state index in [4.69, 9.17) is 4.74 Å². The molecule has 0 aliphatic rings. The molecule has 0 heterocycles. The number of carbonyl (C=O) groups is 2. The van der Waals surface area contributed by atoms with Crippen molar-refractivity contribution in [2.24, 2.45) is 5.41 Å². The number of hydrogen-bond donors (Lipinski definition) is 0. The number of esters is 1. The van der Waals surface area contributed by atoms with Gasteiger partial charge >= 0.3 is 5.97 Å². The molecule has 0 aliphatic carbocycles. The first-order valence-corrected chi connectivity index (χ1v) is 6.29. The maximum Gasteiger partial charge on any atom is 0.319 e. The molecule has 1 aromatic carbocycles. The molecule has 0 spiro atoms. The van der Waals surface area contributed by atoms with Gasteiger partial charge < -0.3 is 4.74 Å². The molecule has 0 fully saturated rings. The van der Waals surface area contributed by atoms with E-state index in [1.54, 1.807) is 6.92 Å². The van der Waals surface area contributed by atoms with Crippen molar-refractivity contribution in [1.82, 2.24) is 0 Å². The maximum absolute atomic E-state index is 12.1. The third-order valence-corrected chi connectivity index (χ3v) is 3.29. The first-order valence-electron chi connectivity index (χ1n) is 6.29. The maximum atomic E-state index is 12.1. The van der Waals surface area contributed by atoms with Crippen LogP contribution in [0, 0.1) is 5.41 Å². The highest BCUT2D eigenvalue weighted by atomic mass is 16.5. The number of ketones is 1. The molecular formula is C15H20O3. The van der Waals surface area contributed by atoms with E-state index in [0.717, 1.165) is 5.56 Å². The van der Waals surface area contributed by atoms with Crippen LogP contribution in [0.2, 0.25) is 0 Å². The van der Waals surface area contributed by atoms with Crippen LogP contribution in [-0.2, 0) is 20.7 Å². The van der Waals surface area contributed by atoms with Crippen LogP contribution < -0.4 is 0 Å². The molecule has 0 radical (unpaired) electrons. The van der Waals surface area contributed by atoms with Crippen molar-refractivity contribution >= 4 is 11.8 Å². The van der Waals surface area contributed by atoms with Crippen molar-refractivity contribution < 1.29 is 14.3 Å². The molecule has 1 rings (SSSR count). The minimum atomic E-state index is -1.04. The van der Waals surface area contributed by atoms with Gasteiger partial charge in [-0.2, -0.15) is 0 Å². The lowest BCUT2D eigenvalue weighted by atomic mass is 9.76. The zero-order chi connectivity index (χ0) is 13.6. The van der Waals surface area contributed by atoms with E-state index in [1.807, 2.05) is 37.3 Å². The van der Waals surface area contributed by atoms with Crippen LogP contribution in [0.3, 0.4) is 0 Å². The Morgan fingerprint density at radius 3 is 2.22 bits per heavy atom. The van der Waals surface area contributed by atoms with Crippen molar-refractivity contribution in [3.63, 3.8) is 0 Å². The minimum absolute atomic E-state index is 0.132. The molecule has 1 atom stereocenters. The van der Waals surface area contributed by atoms with E-state index >= 15 is 0 Å². The second-order valence-electron chi connectivity index (χ2n) is 4.37. The van der Waals surface area contributed by atoms with E-state index in [2.05, 4.69) is 0 Å². The van der Waals surface area contributed by atoms with Crippen molar-refractivity contribution in [2.45, 2.75) is 33.6 Å². The molecular weight excluding hydrogens is 228 g/mol. The number of carbonyl (C=O) groups excluding carboxylic acids is 2. The summed E-state index contributed by atoms with van der Waals surface area (Å²) in [6, 6.07) is 9.57. The summed E-state index contributed by atoms with van der Waals surface area (Å²) < 4.78 is 5.07. The standard InChI is InChI=1S/C15H20O3/c1-4-15(12(3)16,14(17)18-5-2)11-13-9-7-6-8-10-13/h6-10H,4-5,11H2,1-3H3/t15-/m0/s1. The normalized spacial score (nSPS) is 13.7. The van der Waals surface area contributed by atoms with Gasteiger partial charge in [0.15, 0.2) is 0 Å². The van der Waals surface area contributed by atoms with Gasteiger partial charge in [0.1, 0.15) is 11.2 Å². The van der Waals surface area contributed by atoms with Gasteiger partial charge in [0.05, 0.1) is 6.61 Å². The van der Waals surface area contributed by atoms with Crippen molar-refractivity contribution in [3.05, 3.63) is 35.9 Å². The van der Waals surface area contributed by atoms with Gasteiger partial charge in [-0.05, 0) is 32.3 Å². The van der Waals surface area contributed by atoms with Gasteiger partial charge in [-0.25, -0.2) is 0 Å². The van der Waals surface area contributed by atoms with Crippen LogP contribution in [0.4, 0.5) is 0 Å². The topological polar surface area (TPSA) is 43.4 Å². The molecule has 0 unspecified atom stereocenters. The fourth-order valence-electron chi connectivity index (χ4n) is 2.07. The summed E-state index contributed by atoms with van der Waals surface area (Å²) in [5.74, 6) is -0.545. The predicted molar refractivity (Wildman–Crippen MR) is 70.2 cm³/mol. The Balaban J connectivity index is 3.05. The average Bonchev–Trinajstić information content (AvgIpc) is 2.37. The molecule has 0 amide bonds. The van der Waals surface area contributed by atoms with Crippen LogP contribution in [0.1, 0.15) is 32.8 Å². The number of Topliss-reactive ketones (excluding diaryl/α,β-unsaturated/α-hetero) is 1. The Morgan fingerprint density at radius 2 is 1.78 bits per heavy atom. The lowest BCUT2D eigenvalue weighted by Crippen LogP contribution is -2.41. The van der Waals surface area contributed by atoms with Crippen LogP contribution in [-0.4, -0.2) is 18.4 Å². The minimum Gasteiger partial charge on any atom is -0.465 e. The summed E-state index contributed by atoms with van der Waals surface area (Å²) >= 11 is 0. The third kappa shape index (κ3) is 2.97. The lowest BCUT2D eigenvalue weighted by Gasteiger charge is -2.27. The summed E-state index contributed by atoms with van der Waals surface area (Å²) in [6.07, 6.45) is 0.856. The van der Waals surface area contributed by atoms with Gasteiger partial charge in [-0.15, -0.1) is 0 Å². The van der Waals surface area contributed by atoms with Gasteiger partial charge in [0.25, 0.3) is 0 Å². The van der Waals surface area contributed by atoms with Crippen molar-refractivity contribution in [3.8, 4) is 0 Å². The Hall–Kier alpha value is -1.64. The molecule has 98 valence electrons. The average molecular weight is 248 g/mol. The summed E-state index contributed by atoms with van der Waals surface area (Å²) in [5, 5.41) is 0. The van der Waals surface area contributed by atoms with Gasteiger partial charge in [0, 0.05) is 0 Å². The van der Waals surface area contributed by atoms with E-state index < -0.39 is 11.4 Å². The lowest BCUT2D eigenvalue weighted by molar-refractivity contribution is -0.159. The summed E-state index contributed by atoms with van der Waals surface area (Å²) in [6.45, 7) is 5.36. The number of hydrogen-bond acceptors (Lipinski definition) is 3.